The fourth-order valence-electron chi connectivity index (χ4n) is 7.44. The molecule has 3 fully saturated rings. The molecular formula is C45H49O24+. The average Bonchev–Trinajstić information content (AvgIpc) is 3.31. The van der Waals surface area contributed by atoms with E-state index in [0.717, 1.165) is 18.2 Å². The predicted octanol–water partition coefficient (Wildman–Crippen LogP) is -1.70. The van der Waals surface area contributed by atoms with Crippen molar-refractivity contribution in [2.45, 2.75) is 105 Å². The van der Waals surface area contributed by atoms with Gasteiger partial charge < -0.3 is 103 Å². The van der Waals surface area contributed by atoms with Crippen molar-refractivity contribution in [1.29, 1.82) is 0 Å². The number of phenols is 2. The van der Waals surface area contributed by atoms with Gasteiger partial charge in [-0.3, -0.25) is 14.4 Å². The van der Waals surface area contributed by atoms with Gasteiger partial charge in [0.25, 0.3) is 0 Å². The van der Waals surface area contributed by atoms with Crippen LogP contribution in [0.3, 0.4) is 0 Å². The third-order valence-electron chi connectivity index (χ3n) is 11.2. The first-order valence-corrected chi connectivity index (χ1v) is 21.1. The van der Waals surface area contributed by atoms with Gasteiger partial charge in [-0.15, -0.1) is 0 Å². The first kappa shape index (κ1) is 50.6. The summed E-state index contributed by atoms with van der Waals surface area (Å²) < 4.78 is 52.1. The number of fused-ring (bicyclic) bond motifs is 1. The molecule has 0 spiro atoms. The number of rotatable bonds is 15. The van der Waals surface area contributed by atoms with Gasteiger partial charge in [0.1, 0.15) is 91.0 Å². The lowest BCUT2D eigenvalue weighted by Gasteiger charge is -2.45. The van der Waals surface area contributed by atoms with Crippen molar-refractivity contribution in [1.82, 2.24) is 0 Å². The number of carboxylic acids is 1. The maximum Gasteiger partial charge on any atom is 0.510 e. The fourth-order valence-corrected chi connectivity index (χ4v) is 7.44. The van der Waals surface area contributed by atoms with Crippen molar-refractivity contribution in [3.8, 4) is 45.6 Å². The van der Waals surface area contributed by atoms with Crippen LogP contribution in [-0.2, 0) is 38.0 Å². The molecule has 7 rings (SSSR count). The molecule has 2 aromatic carbocycles. The minimum atomic E-state index is -2.01. The van der Waals surface area contributed by atoms with Crippen LogP contribution in [0.2, 0.25) is 0 Å². The molecule has 0 saturated carbocycles. The highest BCUT2D eigenvalue weighted by atomic mass is 16.8. The maximum atomic E-state index is 13.1. The van der Waals surface area contributed by atoms with Crippen LogP contribution in [0, 0.1) is 0 Å². The van der Waals surface area contributed by atoms with Gasteiger partial charge in [-0.25, -0.2) is 0 Å². The lowest BCUT2D eigenvalue weighted by molar-refractivity contribution is -0.354. The van der Waals surface area contributed by atoms with Crippen molar-refractivity contribution in [3.05, 3.63) is 88.6 Å². The first-order chi connectivity index (χ1) is 32.8. The molecule has 15 atom stereocenters. The Labute approximate surface area is 389 Å². The highest BCUT2D eigenvalue weighted by molar-refractivity contribution is 5.90. The van der Waals surface area contributed by atoms with Crippen LogP contribution >= 0.6 is 0 Å². The molecule has 0 radical (unpaired) electrons. The average molecular weight is 974 g/mol. The van der Waals surface area contributed by atoms with Gasteiger partial charge in [0, 0.05) is 17.7 Å². The molecule has 5 aliphatic rings. The molecule has 0 amide bonds. The zero-order valence-electron chi connectivity index (χ0n) is 36.1. The molecule has 0 aromatic heterocycles. The summed E-state index contributed by atoms with van der Waals surface area (Å²) in [7, 11) is 0. The highest BCUT2D eigenvalue weighted by Gasteiger charge is 2.52. The number of aliphatic hydroxyl groups excluding tert-OH is 8. The van der Waals surface area contributed by atoms with E-state index in [9.17, 15) is 70.2 Å². The van der Waals surface area contributed by atoms with E-state index >= 15 is 0 Å². The molecule has 0 bridgehead atoms. The Balaban J connectivity index is 1.24. The van der Waals surface area contributed by atoms with Gasteiger partial charge in [0.15, 0.2) is 35.4 Å². The molecule has 1 aliphatic carbocycles. The zero-order valence-corrected chi connectivity index (χ0v) is 36.1. The van der Waals surface area contributed by atoms with E-state index in [2.05, 4.69) is 0 Å². The van der Waals surface area contributed by atoms with Crippen molar-refractivity contribution in [2.24, 2.45) is 0 Å². The predicted molar refractivity (Wildman–Crippen MR) is 228 cm³/mol. The number of aromatic hydroxyl groups is 2. The smallest absolute Gasteiger partial charge is 0.508 e. The summed E-state index contributed by atoms with van der Waals surface area (Å²) in [5.74, 6) is -4.65. The summed E-state index contributed by atoms with van der Waals surface area (Å²) in [6.07, 6.45) is -25.2. The van der Waals surface area contributed by atoms with E-state index in [1.807, 2.05) is 0 Å². The molecule has 4 heterocycles. The molecule has 3 saturated heterocycles. The summed E-state index contributed by atoms with van der Waals surface area (Å²) >= 11 is 0. The third kappa shape index (κ3) is 11.8. The van der Waals surface area contributed by atoms with Crippen LogP contribution in [-0.4, -0.2) is 184 Å². The molecule has 372 valence electrons. The normalized spacial score (nSPS) is 31.5. The number of hydrogen-bond donors (Lipinski definition) is 11. The number of ether oxygens (including phenoxy) is 8. The molecule has 24 heteroatoms. The second-order valence-electron chi connectivity index (χ2n) is 16.2. The van der Waals surface area contributed by atoms with Crippen LogP contribution in [0.25, 0.3) is 28.7 Å². The van der Waals surface area contributed by atoms with Crippen LogP contribution in [0.5, 0.6) is 23.0 Å². The van der Waals surface area contributed by atoms with Crippen LogP contribution in [0.4, 0.5) is 0 Å². The molecule has 4 aliphatic heterocycles. The van der Waals surface area contributed by atoms with Crippen molar-refractivity contribution < 1.29 is 113 Å². The maximum absolute atomic E-state index is 13.1. The van der Waals surface area contributed by atoms with E-state index in [0.29, 0.717) is 5.56 Å². The second kappa shape index (κ2) is 21.6. The Morgan fingerprint density at radius 1 is 0.667 bits per heavy atom. The number of carboxylic acid groups (broad SMARTS) is 1. The summed E-state index contributed by atoms with van der Waals surface area (Å²) in [5.41, 5.74) is -0.0900. The Morgan fingerprint density at radius 2 is 1.25 bits per heavy atom. The number of aliphatic hydroxyl groups is 8. The summed E-state index contributed by atoms with van der Waals surface area (Å²) in [4.78, 5) is 46.6. The standard InChI is InChI=1S/C45H48O24/c1-18-33(53)36(56)39(59)43(63-18)69-42-38(58)35(55)29(16-61-31(51)11-4-19-2-7-21(46)8-3-19)68-45(42)66-27-14-24-25(64-41(27)20-5-9-22(47)10-6-20)12-23(48)13-26(24)65-44-40(60)37(57)34(54)28(67-44)17-62-32(52)15-30(49)50/h2-14,18,28-29,33-40,42-47,53-60H,15-17H2,1H3,(H,49,50)/p+1/t18-,28+,29+,33-,34+,35+,36+,37-,38-,39+,40+,42+,43-,44+,45+/m0/s1. The van der Waals surface area contributed by atoms with Gasteiger partial charge in [-0.1, -0.05) is 12.1 Å². The van der Waals surface area contributed by atoms with E-state index in [-0.39, 0.29) is 39.9 Å². The zero-order chi connectivity index (χ0) is 49.8. The highest BCUT2D eigenvalue weighted by Crippen LogP contribution is 2.43. The lowest BCUT2D eigenvalue weighted by atomic mass is 9.97. The lowest BCUT2D eigenvalue weighted by Crippen LogP contribution is -2.64. The first-order valence-electron chi connectivity index (χ1n) is 21.1. The Kier molecular flexibility index (Phi) is 15.8. The SMILES string of the molecule is C[C@@H]1O[C@@H](O[C@H]2[C@H](Oc3cc4c(O[C@@H]5O[C@H](COC(=O)CC(=O)O)[C@@H](O)[C@H](O)[C@H]5O)cc(=O)cc-4oc3-c3ccc(O)cc3)O[C@H](COC(=[OH+])C=Cc3ccc(O)cc3)[C@@H](O)[C@@H]2O)[C@H](O)[C@H](O)[C@H]1O. The van der Waals surface area contributed by atoms with Gasteiger partial charge >= 0.3 is 17.9 Å². The molecule has 12 N–H and O–H groups in total. The van der Waals surface area contributed by atoms with E-state index < -0.39 is 141 Å². The van der Waals surface area contributed by atoms with Crippen LogP contribution in [0.1, 0.15) is 18.9 Å². The topological polar surface area (TPSA) is 382 Å². The number of esters is 2. The molecule has 0 unspecified atom stereocenters. The number of aliphatic carboxylic acids is 1. The number of hydrogen-bond acceptors (Lipinski definition) is 22. The minimum Gasteiger partial charge on any atom is -0.508 e. The Hall–Kier alpha value is -6.26. The van der Waals surface area contributed by atoms with Gasteiger partial charge in [0.2, 0.25) is 19.2 Å². The number of benzene rings is 3. The third-order valence-corrected chi connectivity index (χ3v) is 11.2. The van der Waals surface area contributed by atoms with Crippen molar-refractivity contribution >= 4 is 24.0 Å². The van der Waals surface area contributed by atoms with E-state index in [1.54, 1.807) is 12.1 Å². The van der Waals surface area contributed by atoms with Gasteiger partial charge in [-0.2, -0.15) is 0 Å². The number of carbonyl (C=O) groups is 2. The van der Waals surface area contributed by atoms with Crippen molar-refractivity contribution in [3.63, 3.8) is 0 Å². The molecule has 69 heavy (non-hydrogen) atoms. The van der Waals surface area contributed by atoms with Gasteiger partial charge in [-0.05, 0) is 61.0 Å². The summed E-state index contributed by atoms with van der Waals surface area (Å²) in [6.45, 7) is -0.0815. The largest absolute Gasteiger partial charge is 0.510 e. The second-order valence-corrected chi connectivity index (χ2v) is 16.2. The monoisotopic (exact) mass is 973 g/mol. The van der Waals surface area contributed by atoms with E-state index in [4.69, 9.17) is 47.4 Å². The molecular weight excluding hydrogens is 924 g/mol. The number of phenolic OH excluding ortho intramolecular Hbond substituents is 2. The van der Waals surface area contributed by atoms with Crippen LogP contribution < -0.4 is 14.9 Å². The summed E-state index contributed by atoms with van der Waals surface area (Å²) in [6, 6.07) is 14.5. The quantitative estimate of drug-likeness (QED) is 0.0274. The van der Waals surface area contributed by atoms with Gasteiger partial charge in [0.05, 0.1) is 17.7 Å². The molecule has 2 aromatic rings. The fraction of sp³-hybridized carbons (Fsp3) is 0.422. The van der Waals surface area contributed by atoms with E-state index in [1.165, 1.54) is 55.5 Å². The van der Waals surface area contributed by atoms with Crippen LogP contribution in [0.15, 0.2) is 82.0 Å². The van der Waals surface area contributed by atoms with Crippen molar-refractivity contribution in [2.75, 3.05) is 13.2 Å². The molecule has 24 nitrogen and oxygen atoms in total. The minimum absolute atomic E-state index is 0.00773. The number of carbonyl (C=O) groups excluding carboxylic acids is 2. The summed E-state index contributed by atoms with van der Waals surface area (Å²) in [5, 5.41) is 116. The Bertz CT molecular complexity index is 2470. The Morgan fingerprint density at radius 3 is 1.91 bits per heavy atom.